The summed E-state index contributed by atoms with van der Waals surface area (Å²) in [6.07, 6.45) is 6.70. The van der Waals surface area contributed by atoms with Crippen molar-refractivity contribution in [2.24, 2.45) is 5.92 Å². The number of hydrogen-bond acceptors (Lipinski definition) is 2. The summed E-state index contributed by atoms with van der Waals surface area (Å²) < 4.78 is 5.69. The minimum absolute atomic E-state index is 0.194. The van der Waals surface area contributed by atoms with E-state index in [0.29, 0.717) is 11.2 Å². The first-order valence-corrected chi connectivity index (χ1v) is 7.38. The molecule has 0 amide bonds. The lowest BCUT2D eigenvalue weighted by molar-refractivity contribution is 0.305. The monoisotopic (exact) mass is 220 g/mol. The first kappa shape index (κ1) is 11.6. The van der Waals surface area contributed by atoms with Crippen LogP contribution in [-0.2, 0) is 25.1 Å². The molecule has 1 aliphatic rings. The largest absolute Gasteiger partial charge is 0.312 e. The minimum atomic E-state index is -0.194. The fraction of sp³-hybridized carbons (Fsp3) is 1.00. The Hall–Kier alpha value is 0.530. The molecule has 0 radical (unpaired) electrons. The van der Waals surface area contributed by atoms with Crippen LogP contribution in [-0.4, -0.2) is 11.9 Å². The summed E-state index contributed by atoms with van der Waals surface area (Å²) >= 11 is 5.38. The van der Waals surface area contributed by atoms with E-state index in [2.05, 4.69) is 13.8 Å². The van der Waals surface area contributed by atoms with Crippen LogP contribution in [0.1, 0.15) is 46.0 Å². The molecule has 1 nitrogen and oxygen atoms in total. The summed E-state index contributed by atoms with van der Waals surface area (Å²) in [6.45, 7) is 5.18. The fourth-order valence-electron chi connectivity index (χ4n) is 1.56. The third-order valence-corrected chi connectivity index (χ3v) is 4.83. The minimum Gasteiger partial charge on any atom is -0.312 e. The van der Waals surface area contributed by atoms with Crippen LogP contribution < -0.4 is 0 Å². The van der Waals surface area contributed by atoms with Crippen molar-refractivity contribution in [2.45, 2.75) is 51.2 Å². The van der Waals surface area contributed by atoms with E-state index in [1.165, 1.54) is 32.1 Å². The summed E-state index contributed by atoms with van der Waals surface area (Å²) in [5.74, 6) is 0.613. The molecule has 0 saturated heterocycles. The van der Waals surface area contributed by atoms with Gasteiger partial charge in [-0.15, -0.1) is 0 Å². The number of rotatable bonds is 4. The smallest absolute Gasteiger partial charge is 0.0640 e. The number of hydrogen-bond donors (Lipinski definition) is 0. The molecule has 13 heavy (non-hydrogen) atoms. The van der Waals surface area contributed by atoms with Crippen LogP contribution in [0.4, 0.5) is 0 Å². The Morgan fingerprint density at radius 1 is 1.31 bits per heavy atom. The van der Waals surface area contributed by atoms with E-state index in [-0.39, 0.29) is 9.74 Å². The molecule has 78 valence electrons. The van der Waals surface area contributed by atoms with Gasteiger partial charge in [0.2, 0.25) is 0 Å². The maximum absolute atomic E-state index is 5.69. The normalized spacial score (nSPS) is 22.1. The first-order valence-electron chi connectivity index (χ1n) is 5.24. The van der Waals surface area contributed by atoms with Gasteiger partial charge in [-0.05, 0) is 29.9 Å². The molecule has 1 fully saturated rings. The van der Waals surface area contributed by atoms with Crippen LogP contribution in [0.15, 0.2) is 0 Å². The van der Waals surface area contributed by atoms with Gasteiger partial charge in [0.1, 0.15) is 0 Å². The van der Waals surface area contributed by atoms with E-state index in [0.717, 1.165) is 6.61 Å². The maximum atomic E-state index is 5.69. The standard InChI is InChI=1S/C10H20OS2/c1-9(2)8-11-13(12)10-6-4-3-5-7-10/h9-10H,3-8H2,1-2H3. The van der Waals surface area contributed by atoms with E-state index in [1.807, 2.05) is 0 Å². The zero-order chi connectivity index (χ0) is 9.68. The zero-order valence-electron chi connectivity index (χ0n) is 8.62. The molecule has 1 rings (SSSR count). The van der Waals surface area contributed by atoms with Gasteiger partial charge in [-0.3, -0.25) is 0 Å². The topological polar surface area (TPSA) is 9.23 Å². The highest BCUT2D eigenvalue weighted by molar-refractivity contribution is 8.26. The highest BCUT2D eigenvalue weighted by Gasteiger charge is 2.17. The van der Waals surface area contributed by atoms with Crippen molar-refractivity contribution >= 4 is 20.9 Å². The third kappa shape index (κ3) is 4.52. The Balaban J connectivity index is 2.21. The molecule has 0 heterocycles. The quantitative estimate of drug-likeness (QED) is 0.720. The third-order valence-electron chi connectivity index (χ3n) is 2.34. The van der Waals surface area contributed by atoms with E-state index in [1.54, 1.807) is 0 Å². The maximum Gasteiger partial charge on any atom is 0.0640 e. The highest BCUT2D eigenvalue weighted by Crippen LogP contribution is 2.22. The lowest BCUT2D eigenvalue weighted by atomic mass is 10.0. The summed E-state index contributed by atoms with van der Waals surface area (Å²) in [6, 6.07) is 0. The molecule has 1 atom stereocenters. The molecule has 0 aliphatic heterocycles. The molecular formula is C10H20OS2. The second-order valence-corrected chi connectivity index (χ2v) is 6.61. The van der Waals surface area contributed by atoms with Crippen molar-refractivity contribution in [3.63, 3.8) is 0 Å². The molecule has 0 spiro atoms. The van der Waals surface area contributed by atoms with Crippen molar-refractivity contribution in [2.75, 3.05) is 6.61 Å². The zero-order valence-corrected chi connectivity index (χ0v) is 10.3. The van der Waals surface area contributed by atoms with Gasteiger partial charge in [-0.2, -0.15) is 0 Å². The molecule has 1 unspecified atom stereocenters. The Bertz CT molecular complexity index is 162. The fourth-order valence-corrected chi connectivity index (χ4v) is 3.62. The summed E-state index contributed by atoms with van der Waals surface area (Å²) in [5, 5.41) is 0.683. The molecule has 0 N–H and O–H groups in total. The van der Waals surface area contributed by atoms with Crippen LogP contribution in [0.2, 0.25) is 0 Å². The van der Waals surface area contributed by atoms with E-state index in [4.69, 9.17) is 15.4 Å². The summed E-state index contributed by atoms with van der Waals surface area (Å²) in [5.41, 5.74) is 0. The summed E-state index contributed by atoms with van der Waals surface area (Å²) in [7, 11) is -0.194. The van der Waals surface area contributed by atoms with Gasteiger partial charge in [0, 0.05) is 15.0 Å². The second kappa shape index (κ2) is 6.10. The van der Waals surface area contributed by atoms with Crippen molar-refractivity contribution in [3.8, 4) is 0 Å². The van der Waals surface area contributed by atoms with Gasteiger partial charge < -0.3 is 4.18 Å². The van der Waals surface area contributed by atoms with Crippen molar-refractivity contribution in [1.82, 2.24) is 0 Å². The van der Waals surface area contributed by atoms with Crippen LogP contribution in [0, 0.1) is 5.92 Å². The first-order chi connectivity index (χ1) is 6.20. The molecule has 1 saturated carbocycles. The van der Waals surface area contributed by atoms with Gasteiger partial charge in [0.05, 0.1) is 6.61 Å². The Morgan fingerprint density at radius 2 is 1.92 bits per heavy atom. The average Bonchev–Trinajstić information content (AvgIpc) is 2.15. The lowest BCUT2D eigenvalue weighted by Crippen LogP contribution is -2.20. The van der Waals surface area contributed by atoms with Crippen molar-refractivity contribution in [1.29, 1.82) is 0 Å². The molecule has 0 aromatic heterocycles. The molecular weight excluding hydrogens is 200 g/mol. The highest BCUT2D eigenvalue weighted by atomic mass is 32.8. The molecule has 3 heteroatoms. The Morgan fingerprint density at radius 3 is 2.46 bits per heavy atom. The molecule has 0 bridgehead atoms. The van der Waals surface area contributed by atoms with Crippen LogP contribution in [0.5, 0.6) is 0 Å². The predicted molar refractivity (Wildman–Crippen MR) is 62.4 cm³/mol. The summed E-state index contributed by atoms with van der Waals surface area (Å²) in [4.78, 5) is 0. The van der Waals surface area contributed by atoms with E-state index >= 15 is 0 Å². The second-order valence-electron chi connectivity index (χ2n) is 4.20. The molecule has 1 aliphatic carbocycles. The van der Waals surface area contributed by atoms with Gasteiger partial charge in [0.15, 0.2) is 0 Å². The van der Waals surface area contributed by atoms with Crippen LogP contribution in [0.25, 0.3) is 0 Å². The molecule has 0 aromatic rings. The Kier molecular flexibility index (Phi) is 5.44. The van der Waals surface area contributed by atoms with E-state index in [9.17, 15) is 0 Å². The lowest BCUT2D eigenvalue weighted by Gasteiger charge is -2.23. The van der Waals surface area contributed by atoms with Crippen LogP contribution in [0.3, 0.4) is 0 Å². The van der Waals surface area contributed by atoms with Gasteiger partial charge >= 0.3 is 0 Å². The van der Waals surface area contributed by atoms with E-state index < -0.39 is 0 Å². The SMILES string of the molecule is CC(C)COS(=S)C1CCCCC1. The predicted octanol–water partition coefficient (Wildman–Crippen LogP) is 2.99. The Labute approximate surface area is 89.0 Å². The molecule has 0 aromatic carbocycles. The van der Waals surface area contributed by atoms with Crippen LogP contribution >= 0.6 is 0 Å². The van der Waals surface area contributed by atoms with Gasteiger partial charge in [0.25, 0.3) is 0 Å². The van der Waals surface area contributed by atoms with Gasteiger partial charge in [-0.25, -0.2) is 0 Å². The van der Waals surface area contributed by atoms with Gasteiger partial charge in [-0.1, -0.05) is 33.1 Å². The average molecular weight is 220 g/mol. The van der Waals surface area contributed by atoms with Crippen molar-refractivity contribution in [3.05, 3.63) is 0 Å². The van der Waals surface area contributed by atoms with Crippen molar-refractivity contribution < 1.29 is 4.18 Å².